The third-order valence-corrected chi connectivity index (χ3v) is 5.79. The molecule has 2 aliphatic heterocycles. The van der Waals surface area contributed by atoms with Crippen molar-refractivity contribution in [2.45, 2.75) is 31.4 Å². The van der Waals surface area contributed by atoms with Gasteiger partial charge in [0.05, 0.1) is 5.92 Å². The molecule has 5 rings (SSSR count). The van der Waals surface area contributed by atoms with Gasteiger partial charge in [0, 0.05) is 36.3 Å². The average molecular weight is 436 g/mol. The molecule has 0 aromatic heterocycles. The number of carbonyl (C=O) groups is 3. The van der Waals surface area contributed by atoms with Gasteiger partial charge in [0.2, 0.25) is 12.0 Å². The lowest BCUT2D eigenvalue weighted by molar-refractivity contribution is -0.160. The lowest BCUT2D eigenvalue weighted by atomic mass is 10.1. The highest BCUT2D eigenvalue weighted by Crippen LogP contribution is 2.36. The molecule has 8 heteroatoms. The summed E-state index contributed by atoms with van der Waals surface area (Å²) in [5, 5.41) is 2.90. The van der Waals surface area contributed by atoms with Crippen LogP contribution in [-0.4, -0.2) is 43.6 Å². The molecule has 0 spiro atoms. The van der Waals surface area contributed by atoms with Crippen molar-refractivity contribution in [2.75, 3.05) is 24.7 Å². The predicted octanol–water partition coefficient (Wildman–Crippen LogP) is 2.37. The first-order valence-corrected chi connectivity index (χ1v) is 10.8. The number of ether oxygens (including phenoxy) is 3. The summed E-state index contributed by atoms with van der Waals surface area (Å²) in [5.41, 5.74) is 1.24. The Morgan fingerprint density at radius 3 is 2.53 bits per heavy atom. The number of nitrogens with zero attached hydrogens (tertiary/aromatic N) is 1. The second-order valence-electron chi connectivity index (χ2n) is 8.24. The van der Waals surface area contributed by atoms with Crippen LogP contribution in [0.1, 0.15) is 30.9 Å². The zero-order chi connectivity index (χ0) is 22.1. The molecule has 2 aromatic rings. The summed E-state index contributed by atoms with van der Waals surface area (Å²) >= 11 is 0. The van der Waals surface area contributed by atoms with Crippen LogP contribution in [0.2, 0.25) is 0 Å². The number of fused-ring (bicyclic) bond motifs is 1. The van der Waals surface area contributed by atoms with Crippen LogP contribution in [0.4, 0.5) is 5.69 Å². The number of amides is 2. The van der Waals surface area contributed by atoms with Crippen LogP contribution < -0.4 is 19.7 Å². The van der Waals surface area contributed by atoms with E-state index in [9.17, 15) is 14.4 Å². The van der Waals surface area contributed by atoms with Crippen LogP contribution >= 0.6 is 0 Å². The number of rotatable bonds is 6. The van der Waals surface area contributed by atoms with Crippen molar-refractivity contribution >= 4 is 23.5 Å². The van der Waals surface area contributed by atoms with Gasteiger partial charge in [-0.3, -0.25) is 14.4 Å². The molecule has 2 amide bonds. The maximum Gasteiger partial charge on any atom is 0.312 e. The Labute approximate surface area is 185 Å². The zero-order valence-electron chi connectivity index (χ0n) is 17.5. The number of hydrogen-bond donors (Lipinski definition) is 1. The van der Waals surface area contributed by atoms with Crippen molar-refractivity contribution < 1.29 is 28.6 Å². The molecule has 0 unspecified atom stereocenters. The van der Waals surface area contributed by atoms with Crippen molar-refractivity contribution in [3.05, 3.63) is 54.1 Å². The molecule has 8 nitrogen and oxygen atoms in total. The summed E-state index contributed by atoms with van der Waals surface area (Å²) in [7, 11) is 0. The van der Waals surface area contributed by atoms with Crippen LogP contribution in [0, 0.1) is 5.92 Å². The average Bonchev–Trinajstić information content (AvgIpc) is 3.55. The van der Waals surface area contributed by atoms with E-state index in [0.29, 0.717) is 36.0 Å². The monoisotopic (exact) mass is 436 g/mol. The predicted molar refractivity (Wildman–Crippen MR) is 114 cm³/mol. The molecule has 2 aromatic carbocycles. The van der Waals surface area contributed by atoms with Gasteiger partial charge < -0.3 is 24.4 Å². The Kier molecular flexibility index (Phi) is 5.43. The third kappa shape index (κ3) is 4.26. The van der Waals surface area contributed by atoms with Gasteiger partial charge in [-0.05, 0) is 25.0 Å². The van der Waals surface area contributed by atoms with Crippen molar-refractivity contribution in [1.82, 2.24) is 5.32 Å². The fourth-order valence-electron chi connectivity index (χ4n) is 3.93. The zero-order valence-corrected chi connectivity index (χ0v) is 17.5. The highest BCUT2D eigenvalue weighted by molar-refractivity contribution is 6.00. The summed E-state index contributed by atoms with van der Waals surface area (Å²) in [6, 6.07) is 14.4. The van der Waals surface area contributed by atoms with E-state index >= 15 is 0 Å². The second kappa shape index (κ2) is 8.53. The largest absolute Gasteiger partial charge is 0.486 e. The van der Waals surface area contributed by atoms with Crippen molar-refractivity contribution in [2.24, 2.45) is 5.92 Å². The van der Waals surface area contributed by atoms with E-state index in [1.807, 2.05) is 6.07 Å². The summed E-state index contributed by atoms with van der Waals surface area (Å²) in [4.78, 5) is 39.9. The highest BCUT2D eigenvalue weighted by atomic mass is 16.6. The van der Waals surface area contributed by atoms with E-state index < -0.39 is 18.0 Å². The lowest BCUT2D eigenvalue weighted by Gasteiger charge is -2.22. The standard InChI is InChI=1S/C24H24N2O6/c27-21-12-16(14-26(21)18-8-9-19-20(13-18)31-11-10-30-19)24(29)32-22(15-4-2-1-3-5-15)23(28)25-17-6-7-17/h1-5,8-9,13,16-17,22H,6-7,10-12,14H2,(H,25,28)/t16-,22-/m1/s1. The van der Waals surface area contributed by atoms with Gasteiger partial charge in [0.25, 0.3) is 5.91 Å². The minimum atomic E-state index is -1.04. The number of benzene rings is 2. The topological polar surface area (TPSA) is 94.2 Å². The van der Waals surface area contributed by atoms with E-state index in [4.69, 9.17) is 14.2 Å². The molecule has 32 heavy (non-hydrogen) atoms. The number of hydrogen-bond acceptors (Lipinski definition) is 6. The van der Waals surface area contributed by atoms with Gasteiger partial charge in [0.15, 0.2) is 11.5 Å². The number of esters is 1. The Balaban J connectivity index is 1.29. The summed E-state index contributed by atoms with van der Waals surface area (Å²) in [5.74, 6) is -0.514. The normalized spacial score (nSPS) is 20.6. The van der Waals surface area contributed by atoms with Crippen LogP contribution in [0.5, 0.6) is 11.5 Å². The molecule has 166 valence electrons. The molecule has 1 N–H and O–H groups in total. The van der Waals surface area contributed by atoms with Gasteiger partial charge in [-0.1, -0.05) is 30.3 Å². The lowest BCUT2D eigenvalue weighted by Crippen LogP contribution is -2.35. The fourth-order valence-corrected chi connectivity index (χ4v) is 3.93. The smallest absolute Gasteiger partial charge is 0.312 e. The molecular weight excluding hydrogens is 412 g/mol. The number of carbonyl (C=O) groups excluding carboxylic acids is 3. The number of nitrogens with one attached hydrogen (secondary N) is 1. The summed E-state index contributed by atoms with van der Waals surface area (Å²) < 4.78 is 16.8. The molecule has 2 heterocycles. The Bertz CT molecular complexity index is 1040. The van der Waals surface area contributed by atoms with Crippen LogP contribution in [0.3, 0.4) is 0 Å². The Morgan fingerprint density at radius 2 is 1.78 bits per heavy atom. The minimum Gasteiger partial charge on any atom is -0.486 e. The van der Waals surface area contributed by atoms with E-state index in [0.717, 1.165) is 12.8 Å². The molecule has 2 atom stereocenters. The van der Waals surface area contributed by atoms with Crippen LogP contribution in [0.25, 0.3) is 0 Å². The van der Waals surface area contributed by atoms with Crippen molar-refractivity contribution in [3.8, 4) is 11.5 Å². The Hall–Kier alpha value is -3.55. The van der Waals surface area contributed by atoms with Gasteiger partial charge >= 0.3 is 5.97 Å². The minimum absolute atomic E-state index is 0.0268. The van der Waals surface area contributed by atoms with Crippen LogP contribution in [0.15, 0.2) is 48.5 Å². The molecule has 1 saturated heterocycles. The van der Waals surface area contributed by atoms with Crippen molar-refractivity contribution in [1.29, 1.82) is 0 Å². The molecule has 1 saturated carbocycles. The SMILES string of the molecule is O=C(O[C@@H](C(=O)NC1CC1)c1ccccc1)[C@@H]1CC(=O)N(c2ccc3c(c2)OCCO3)C1. The summed E-state index contributed by atoms with van der Waals surface area (Å²) in [6.07, 6.45) is 0.854. The Morgan fingerprint density at radius 1 is 1.03 bits per heavy atom. The first-order chi connectivity index (χ1) is 15.6. The third-order valence-electron chi connectivity index (χ3n) is 5.79. The highest BCUT2D eigenvalue weighted by Gasteiger charge is 2.39. The van der Waals surface area contributed by atoms with Gasteiger partial charge in [-0.15, -0.1) is 0 Å². The van der Waals surface area contributed by atoms with E-state index in [1.165, 1.54) is 0 Å². The van der Waals surface area contributed by atoms with Gasteiger partial charge in [0.1, 0.15) is 13.2 Å². The van der Waals surface area contributed by atoms with E-state index in [-0.39, 0.29) is 30.8 Å². The molecule has 3 aliphatic rings. The molecule has 0 bridgehead atoms. The first kappa shape index (κ1) is 20.4. The van der Waals surface area contributed by atoms with Crippen molar-refractivity contribution in [3.63, 3.8) is 0 Å². The molecule has 2 fully saturated rings. The number of anilines is 1. The fraction of sp³-hybridized carbons (Fsp3) is 0.375. The molecular formula is C24H24N2O6. The van der Waals surface area contributed by atoms with Crippen LogP contribution in [-0.2, 0) is 19.1 Å². The van der Waals surface area contributed by atoms with Gasteiger partial charge in [-0.2, -0.15) is 0 Å². The summed E-state index contributed by atoms with van der Waals surface area (Å²) in [6.45, 7) is 1.12. The molecule has 0 radical (unpaired) electrons. The maximum absolute atomic E-state index is 13.0. The first-order valence-electron chi connectivity index (χ1n) is 10.8. The van der Waals surface area contributed by atoms with Gasteiger partial charge in [-0.25, -0.2) is 0 Å². The quantitative estimate of drug-likeness (QED) is 0.699. The second-order valence-corrected chi connectivity index (χ2v) is 8.24. The maximum atomic E-state index is 13.0. The molecule has 1 aliphatic carbocycles. The van der Waals surface area contributed by atoms with E-state index in [2.05, 4.69) is 5.32 Å². The van der Waals surface area contributed by atoms with E-state index in [1.54, 1.807) is 47.4 Å².